The first-order chi connectivity index (χ1) is 9.01. The van der Waals surface area contributed by atoms with Gasteiger partial charge in [-0.25, -0.2) is 9.69 Å². The molecule has 1 aromatic heterocycles. The van der Waals surface area contributed by atoms with Crippen LogP contribution in [0.15, 0.2) is 17.8 Å². The third kappa shape index (κ3) is 2.82. The molecule has 1 aliphatic rings. The van der Waals surface area contributed by atoms with Crippen LogP contribution in [0.4, 0.5) is 4.79 Å². The fourth-order valence-electron chi connectivity index (χ4n) is 1.58. The van der Waals surface area contributed by atoms with Crippen molar-refractivity contribution in [3.05, 3.63) is 27.6 Å². The summed E-state index contributed by atoms with van der Waals surface area (Å²) in [7, 11) is 1.20. The SMILES string of the molecule is COC(=O)CN1C(=O)NC(=Cc2ccc(C)s2)C1=O. The van der Waals surface area contributed by atoms with Crippen molar-refractivity contribution in [1.29, 1.82) is 0 Å². The number of hydrogen-bond donors (Lipinski definition) is 1. The molecular formula is C12H12N2O4S. The number of amides is 3. The van der Waals surface area contributed by atoms with E-state index in [-0.39, 0.29) is 12.2 Å². The second-order valence-corrected chi connectivity index (χ2v) is 5.22. The number of carbonyl (C=O) groups excluding carboxylic acids is 3. The minimum atomic E-state index is -0.642. The zero-order valence-electron chi connectivity index (χ0n) is 10.4. The Morgan fingerprint density at radius 3 is 2.79 bits per heavy atom. The Morgan fingerprint density at radius 2 is 2.21 bits per heavy atom. The molecule has 19 heavy (non-hydrogen) atoms. The summed E-state index contributed by atoms with van der Waals surface area (Å²) >= 11 is 1.51. The molecule has 100 valence electrons. The molecule has 2 heterocycles. The Bertz CT molecular complexity index is 576. The van der Waals surface area contributed by atoms with Crippen LogP contribution in [0.3, 0.4) is 0 Å². The highest BCUT2D eigenvalue weighted by Gasteiger charge is 2.35. The van der Waals surface area contributed by atoms with Gasteiger partial charge in [-0.2, -0.15) is 0 Å². The quantitative estimate of drug-likeness (QED) is 0.511. The van der Waals surface area contributed by atoms with Gasteiger partial charge in [-0.05, 0) is 25.1 Å². The van der Waals surface area contributed by atoms with Gasteiger partial charge in [0.05, 0.1) is 7.11 Å². The number of imide groups is 1. The van der Waals surface area contributed by atoms with Crippen molar-refractivity contribution < 1.29 is 19.1 Å². The number of esters is 1. The predicted molar refractivity (Wildman–Crippen MR) is 69.3 cm³/mol. The third-order valence-corrected chi connectivity index (χ3v) is 3.47. The molecule has 1 aliphatic heterocycles. The van der Waals surface area contributed by atoms with Crippen LogP contribution in [0.5, 0.6) is 0 Å². The normalized spacial score (nSPS) is 16.9. The highest BCUT2D eigenvalue weighted by atomic mass is 32.1. The molecule has 1 saturated heterocycles. The van der Waals surface area contributed by atoms with Crippen molar-refractivity contribution in [2.75, 3.05) is 13.7 Å². The van der Waals surface area contributed by atoms with Crippen LogP contribution in [-0.4, -0.2) is 36.5 Å². The zero-order chi connectivity index (χ0) is 14.0. The van der Waals surface area contributed by atoms with Gasteiger partial charge in [0.15, 0.2) is 0 Å². The molecule has 3 amide bonds. The molecule has 0 spiro atoms. The van der Waals surface area contributed by atoms with E-state index in [1.807, 2.05) is 19.1 Å². The minimum absolute atomic E-state index is 0.163. The van der Waals surface area contributed by atoms with Crippen molar-refractivity contribution in [2.24, 2.45) is 0 Å². The molecule has 0 atom stereocenters. The summed E-state index contributed by atoms with van der Waals surface area (Å²) in [6.45, 7) is 1.56. The maximum Gasteiger partial charge on any atom is 0.329 e. The molecule has 0 bridgehead atoms. The highest BCUT2D eigenvalue weighted by Crippen LogP contribution is 2.20. The van der Waals surface area contributed by atoms with Crippen molar-refractivity contribution in [3.8, 4) is 0 Å². The first kappa shape index (κ1) is 13.3. The van der Waals surface area contributed by atoms with Crippen LogP contribution >= 0.6 is 11.3 Å². The van der Waals surface area contributed by atoms with Crippen LogP contribution < -0.4 is 5.32 Å². The number of carbonyl (C=O) groups is 3. The number of nitrogens with one attached hydrogen (secondary N) is 1. The number of methoxy groups -OCH3 is 1. The standard InChI is InChI=1S/C12H12N2O4S/c1-7-3-4-8(19-7)5-9-11(16)14(12(17)13-9)6-10(15)18-2/h3-5H,6H2,1-2H3,(H,13,17). The lowest BCUT2D eigenvalue weighted by Crippen LogP contribution is -2.36. The Balaban J connectivity index is 2.18. The van der Waals surface area contributed by atoms with E-state index in [0.29, 0.717) is 0 Å². The minimum Gasteiger partial charge on any atom is -0.468 e. The number of urea groups is 1. The lowest BCUT2D eigenvalue weighted by atomic mass is 10.3. The van der Waals surface area contributed by atoms with Crippen LogP contribution in [0, 0.1) is 6.92 Å². The lowest BCUT2D eigenvalue weighted by molar-refractivity contribution is -0.143. The maximum absolute atomic E-state index is 11.9. The number of aryl methyl sites for hydroxylation is 1. The van der Waals surface area contributed by atoms with E-state index in [0.717, 1.165) is 14.7 Å². The first-order valence-corrected chi connectivity index (χ1v) is 6.30. The van der Waals surface area contributed by atoms with E-state index in [9.17, 15) is 14.4 Å². The number of hydrogen-bond acceptors (Lipinski definition) is 5. The molecule has 0 aliphatic carbocycles. The molecule has 1 N–H and O–H groups in total. The molecule has 0 radical (unpaired) electrons. The van der Waals surface area contributed by atoms with Gasteiger partial charge in [-0.1, -0.05) is 0 Å². The fourth-order valence-corrected chi connectivity index (χ4v) is 2.40. The van der Waals surface area contributed by atoms with Crippen LogP contribution in [0.2, 0.25) is 0 Å². The molecule has 6 nitrogen and oxygen atoms in total. The highest BCUT2D eigenvalue weighted by molar-refractivity contribution is 7.12. The second kappa shape index (κ2) is 5.23. The number of thiophene rings is 1. The van der Waals surface area contributed by atoms with Crippen molar-refractivity contribution in [3.63, 3.8) is 0 Å². The third-order valence-electron chi connectivity index (χ3n) is 2.52. The number of rotatable bonds is 3. The average molecular weight is 280 g/mol. The second-order valence-electron chi connectivity index (χ2n) is 3.90. The molecular weight excluding hydrogens is 268 g/mol. The summed E-state index contributed by atoms with van der Waals surface area (Å²) in [6.07, 6.45) is 1.59. The van der Waals surface area contributed by atoms with Crippen LogP contribution in [0.25, 0.3) is 6.08 Å². The van der Waals surface area contributed by atoms with Crippen LogP contribution in [-0.2, 0) is 14.3 Å². The summed E-state index contributed by atoms with van der Waals surface area (Å²) < 4.78 is 4.44. The smallest absolute Gasteiger partial charge is 0.329 e. The van der Waals surface area contributed by atoms with E-state index in [1.165, 1.54) is 18.4 Å². The topological polar surface area (TPSA) is 75.7 Å². The summed E-state index contributed by atoms with van der Waals surface area (Å²) in [4.78, 5) is 37.4. The van der Waals surface area contributed by atoms with Crippen LogP contribution in [0.1, 0.15) is 9.75 Å². The van der Waals surface area contributed by atoms with E-state index in [1.54, 1.807) is 6.08 Å². The molecule has 1 fully saturated rings. The summed E-state index contributed by atoms with van der Waals surface area (Å²) in [6, 6.07) is 3.16. The Hall–Kier alpha value is -2.15. The molecule has 0 aromatic carbocycles. The van der Waals surface area contributed by atoms with E-state index >= 15 is 0 Å². The lowest BCUT2D eigenvalue weighted by Gasteiger charge is -2.08. The Kier molecular flexibility index (Phi) is 3.66. The maximum atomic E-state index is 11.9. The van der Waals surface area contributed by atoms with Gasteiger partial charge < -0.3 is 10.1 Å². The largest absolute Gasteiger partial charge is 0.468 e. The number of ether oxygens (including phenoxy) is 1. The summed E-state index contributed by atoms with van der Waals surface area (Å²) in [5.74, 6) is -1.17. The van der Waals surface area contributed by atoms with Gasteiger partial charge in [0.1, 0.15) is 12.2 Å². The Labute approximate surface area is 113 Å². The molecule has 1 aromatic rings. The average Bonchev–Trinajstić information content (AvgIpc) is 2.88. The van der Waals surface area contributed by atoms with E-state index < -0.39 is 17.9 Å². The van der Waals surface area contributed by atoms with E-state index in [2.05, 4.69) is 10.1 Å². The molecule has 2 rings (SSSR count). The summed E-state index contributed by atoms with van der Waals surface area (Å²) in [5, 5.41) is 2.44. The van der Waals surface area contributed by atoms with Gasteiger partial charge in [-0.15, -0.1) is 11.3 Å². The van der Waals surface area contributed by atoms with Gasteiger partial charge in [0, 0.05) is 9.75 Å². The van der Waals surface area contributed by atoms with Gasteiger partial charge in [0.2, 0.25) is 0 Å². The summed E-state index contributed by atoms with van der Waals surface area (Å²) in [5.41, 5.74) is 0.163. The zero-order valence-corrected chi connectivity index (χ0v) is 11.2. The van der Waals surface area contributed by atoms with Gasteiger partial charge in [-0.3, -0.25) is 9.59 Å². The number of nitrogens with zero attached hydrogens (tertiary/aromatic N) is 1. The van der Waals surface area contributed by atoms with Gasteiger partial charge in [0.25, 0.3) is 5.91 Å². The molecule has 7 heteroatoms. The molecule has 0 saturated carbocycles. The predicted octanol–water partition coefficient (Wildman–Crippen LogP) is 1.12. The monoisotopic (exact) mass is 280 g/mol. The Morgan fingerprint density at radius 1 is 1.47 bits per heavy atom. The van der Waals surface area contributed by atoms with E-state index in [4.69, 9.17) is 0 Å². The first-order valence-electron chi connectivity index (χ1n) is 5.49. The molecule has 0 unspecified atom stereocenters. The van der Waals surface area contributed by atoms with Crippen molar-refractivity contribution >= 4 is 35.3 Å². The van der Waals surface area contributed by atoms with Crippen molar-refractivity contribution in [2.45, 2.75) is 6.92 Å². The fraction of sp³-hybridized carbons (Fsp3) is 0.250. The van der Waals surface area contributed by atoms with Gasteiger partial charge >= 0.3 is 12.0 Å². The van der Waals surface area contributed by atoms with Crippen molar-refractivity contribution in [1.82, 2.24) is 10.2 Å².